The third-order valence-corrected chi connectivity index (χ3v) is 6.57. The smallest absolute Gasteiger partial charge is 0.255 e. The van der Waals surface area contributed by atoms with Crippen LogP contribution in [0.5, 0.6) is 0 Å². The standard InChI is InChI=1S/C20H29N5O4S/c1-12-10-14-11-21-20(22-15-6-8-24(9-7-15)30(3,28)29)23-18(14)25(19(12)27)16-4-5-17(26)13(16)2/h10-11,13,15-17,26H,4-9H2,1-3H3,(H,21,22,23)/t13-,16+,17+/m0/s1/i1D3,3D3,6D2,7D2. The summed E-state index contributed by atoms with van der Waals surface area (Å²) in [7, 11) is -5.02. The fourth-order valence-corrected chi connectivity index (χ4v) is 4.39. The number of sulfonamides is 1. The van der Waals surface area contributed by atoms with E-state index >= 15 is 0 Å². The second kappa shape index (κ2) is 7.90. The monoisotopic (exact) mass is 445 g/mol. The lowest BCUT2D eigenvalue weighted by Crippen LogP contribution is -2.42. The summed E-state index contributed by atoms with van der Waals surface area (Å²) in [5, 5.41) is 13.0. The SMILES string of the molecule is [2H]C([2H])([2H])c1cc2cnc(NC3C([2H])([2H])CN(S(=O)(=O)C([2H])([2H])[2H])CC3([2H])[2H])nc2n([C@@H]2CC[C@@H](O)[C@H]2C)c1=O. The van der Waals surface area contributed by atoms with E-state index in [2.05, 4.69) is 15.3 Å². The second-order valence-electron chi connectivity index (χ2n) is 7.54. The minimum absolute atomic E-state index is 0.00927. The molecule has 9 nitrogen and oxygen atoms in total. The number of nitrogens with one attached hydrogen (secondary N) is 1. The largest absolute Gasteiger partial charge is 0.393 e. The maximum atomic E-state index is 13.4. The van der Waals surface area contributed by atoms with Crippen molar-refractivity contribution in [2.45, 2.75) is 57.6 Å². The Labute approximate surface area is 190 Å². The van der Waals surface area contributed by atoms with Gasteiger partial charge in [0.1, 0.15) is 5.65 Å². The lowest BCUT2D eigenvalue weighted by atomic mass is 10.0. The summed E-state index contributed by atoms with van der Waals surface area (Å²) in [5.41, 5.74) is -1.31. The van der Waals surface area contributed by atoms with Gasteiger partial charge in [0.2, 0.25) is 16.0 Å². The van der Waals surface area contributed by atoms with Crippen molar-refractivity contribution in [3.63, 3.8) is 0 Å². The molecule has 1 saturated carbocycles. The number of hydrogen-bond donors (Lipinski definition) is 2. The summed E-state index contributed by atoms with van der Waals surface area (Å²) >= 11 is 0. The molecule has 2 aromatic rings. The van der Waals surface area contributed by atoms with Crippen LogP contribution < -0.4 is 10.9 Å². The van der Waals surface area contributed by atoms with Crippen molar-refractivity contribution in [3.8, 4) is 0 Å². The van der Waals surface area contributed by atoms with Crippen molar-refractivity contribution in [1.82, 2.24) is 18.8 Å². The maximum Gasteiger partial charge on any atom is 0.255 e. The van der Waals surface area contributed by atoms with Crippen molar-refractivity contribution >= 4 is 27.0 Å². The Kier molecular flexibility index (Phi) is 3.19. The Balaban J connectivity index is 1.79. The third-order valence-electron chi connectivity index (χ3n) is 5.63. The number of rotatable bonds is 4. The molecule has 1 aliphatic heterocycles. The van der Waals surface area contributed by atoms with Crippen molar-refractivity contribution in [2.75, 3.05) is 24.6 Å². The summed E-state index contributed by atoms with van der Waals surface area (Å²) in [5.74, 6) is -0.745. The quantitative estimate of drug-likeness (QED) is 0.728. The van der Waals surface area contributed by atoms with E-state index in [0.717, 1.165) is 6.07 Å². The van der Waals surface area contributed by atoms with Crippen LogP contribution in [0.25, 0.3) is 11.0 Å². The maximum absolute atomic E-state index is 13.4. The molecule has 2 fully saturated rings. The van der Waals surface area contributed by atoms with Gasteiger partial charge in [-0.05, 0) is 38.5 Å². The van der Waals surface area contributed by atoms with Gasteiger partial charge in [0.25, 0.3) is 5.56 Å². The van der Waals surface area contributed by atoms with Crippen LogP contribution in [0.4, 0.5) is 5.95 Å². The number of aliphatic hydroxyl groups is 1. The minimum atomic E-state index is -5.02. The van der Waals surface area contributed by atoms with Crippen LogP contribution in [0.15, 0.2) is 17.1 Å². The van der Waals surface area contributed by atoms with Crippen molar-refractivity contribution in [1.29, 1.82) is 0 Å². The number of pyridine rings is 1. The van der Waals surface area contributed by atoms with E-state index in [9.17, 15) is 18.3 Å². The van der Waals surface area contributed by atoms with Gasteiger partial charge >= 0.3 is 0 Å². The zero-order chi connectivity index (χ0) is 30.2. The summed E-state index contributed by atoms with van der Waals surface area (Å²) in [6.07, 6.45) is -7.59. The van der Waals surface area contributed by atoms with E-state index in [0.29, 0.717) is 12.8 Å². The summed E-state index contributed by atoms with van der Waals surface area (Å²) < 4.78 is 105. The van der Waals surface area contributed by atoms with Gasteiger partial charge < -0.3 is 10.4 Å². The lowest BCUT2D eigenvalue weighted by Gasteiger charge is -2.30. The highest BCUT2D eigenvalue weighted by molar-refractivity contribution is 7.88. The first-order valence-corrected chi connectivity index (χ1v) is 10.9. The molecule has 0 bridgehead atoms. The zero-order valence-corrected chi connectivity index (χ0v) is 17.0. The van der Waals surface area contributed by atoms with Gasteiger partial charge in [-0.3, -0.25) is 9.36 Å². The average Bonchev–Trinajstić information content (AvgIpc) is 3.11. The third kappa shape index (κ3) is 3.95. The van der Waals surface area contributed by atoms with Crippen LogP contribution in [0.1, 0.15) is 57.8 Å². The topological polar surface area (TPSA) is 117 Å². The van der Waals surface area contributed by atoms with Crippen molar-refractivity contribution in [2.24, 2.45) is 5.92 Å². The molecule has 4 rings (SSSR count). The van der Waals surface area contributed by atoms with E-state index in [1.54, 1.807) is 6.92 Å². The first-order valence-electron chi connectivity index (χ1n) is 14.4. The Bertz CT molecular complexity index is 1460. The van der Waals surface area contributed by atoms with Crippen molar-refractivity contribution < 1.29 is 27.2 Å². The van der Waals surface area contributed by atoms with Crippen LogP contribution in [0, 0.1) is 12.8 Å². The normalized spacial score (nSPS) is 35.5. The molecule has 10 heteroatoms. The zero-order valence-electron chi connectivity index (χ0n) is 26.2. The molecular weight excluding hydrogens is 406 g/mol. The molecule has 30 heavy (non-hydrogen) atoms. The summed E-state index contributed by atoms with van der Waals surface area (Å²) in [6.45, 7) is -2.95. The van der Waals surface area contributed by atoms with Crippen LogP contribution in [-0.4, -0.2) is 63.8 Å². The van der Waals surface area contributed by atoms with Gasteiger partial charge in [0.15, 0.2) is 0 Å². The Morgan fingerprint density at radius 2 is 2.10 bits per heavy atom. The van der Waals surface area contributed by atoms with Crippen molar-refractivity contribution in [3.05, 3.63) is 28.2 Å². The van der Waals surface area contributed by atoms with E-state index in [1.807, 2.05) is 0 Å². The van der Waals surface area contributed by atoms with Gasteiger partial charge in [0.05, 0.1) is 12.3 Å². The number of aryl methyl sites for hydroxylation is 1. The van der Waals surface area contributed by atoms with Gasteiger partial charge in [-0.15, -0.1) is 0 Å². The van der Waals surface area contributed by atoms with E-state index in [4.69, 9.17) is 13.7 Å². The Morgan fingerprint density at radius 3 is 2.73 bits per heavy atom. The molecule has 1 aliphatic carbocycles. The summed E-state index contributed by atoms with van der Waals surface area (Å²) in [6, 6.07) is -1.21. The van der Waals surface area contributed by atoms with Crippen LogP contribution >= 0.6 is 0 Å². The molecule has 0 aromatic carbocycles. The van der Waals surface area contributed by atoms with Gasteiger partial charge in [-0.25, -0.2) is 17.7 Å². The highest BCUT2D eigenvalue weighted by Gasteiger charge is 2.34. The predicted octanol–water partition coefficient (Wildman–Crippen LogP) is 1.27. The fourth-order valence-electron chi connectivity index (χ4n) is 3.90. The van der Waals surface area contributed by atoms with Crippen LogP contribution in [-0.2, 0) is 10.0 Å². The molecule has 0 amide bonds. The van der Waals surface area contributed by atoms with E-state index < -0.39 is 84.1 Å². The Hall–Kier alpha value is -2.04. The number of aromatic nitrogens is 3. The van der Waals surface area contributed by atoms with Gasteiger partial charge in [-0.2, -0.15) is 4.98 Å². The molecule has 2 aliphatic rings. The molecular formula is C20H29N5O4S. The second-order valence-corrected chi connectivity index (χ2v) is 9.00. The molecule has 1 saturated heterocycles. The highest BCUT2D eigenvalue weighted by atomic mass is 32.2. The highest BCUT2D eigenvalue weighted by Crippen LogP contribution is 2.36. The lowest BCUT2D eigenvalue weighted by molar-refractivity contribution is 0.129. The van der Waals surface area contributed by atoms with Gasteiger partial charge in [-0.1, -0.05) is 6.92 Å². The summed E-state index contributed by atoms with van der Waals surface area (Å²) in [4.78, 5) is 21.8. The fraction of sp³-hybridized carbons (Fsp3) is 0.650. The molecule has 0 unspecified atom stereocenters. The molecule has 3 atom stereocenters. The number of anilines is 1. The predicted molar refractivity (Wildman–Crippen MR) is 115 cm³/mol. The average molecular weight is 446 g/mol. The van der Waals surface area contributed by atoms with Gasteiger partial charge in [0, 0.05) is 61.9 Å². The first-order chi connectivity index (χ1) is 18.1. The Morgan fingerprint density at radius 1 is 1.33 bits per heavy atom. The number of fused-ring (bicyclic) bond motifs is 1. The van der Waals surface area contributed by atoms with Crippen LogP contribution in [0.2, 0.25) is 0 Å². The number of aliphatic hydroxyl groups excluding tert-OH is 1. The van der Waals surface area contributed by atoms with E-state index in [1.165, 1.54) is 10.8 Å². The molecule has 0 radical (unpaired) electrons. The molecule has 0 spiro atoms. The molecule has 2 aromatic heterocycles. The molecule has 164 valence electrons. The number of piperidine rings is 1. The first kappa shape index (κ1) is 12.1. The molecule has 2 N–H and O–H groups in total. The molecule has 3 heterocycles. The minimum Gasteiger partial charge on any atom is -0.393 e. The number of hydrogen-bond acceptors (Lipinski definition) is 7. The van der Waals surface area contributed by atoms with E-state index in [-0.39, 0.29) is 21.3 Å². The van der Waals surface area contributed by atoms with Crippen LogP contribution in [0.3, 0.4) is 0 Å². The number of nitrogens with zero attached hydrogens (tertiary/aromatic N) is 4.